The summed E-state index contributed by atoms with van der Waals surface area (Å²) in [5.74, 6) is -0.598. The van der Waals surface area contributed by atoms with Gasteiger partial charge in [-0.05, 0) is 20.8 Å². The Balaban J connectivity index is 4.31. The van der Waals surface area contributed by atoms with Crippen molar-refractivity contribution in [1.29, 1.82) is 0 Å². The Morgan fingerprint density at radius 2 is 1.88 bits per heavy atom. The molecular formula is C9H21N2O5P. The number of nitrogens with one attached hydrogen (secondary N) is 1. The number of rotatable bonds is 8. The summed E-state index contributed by atoms with van der Waals surface area (Å²) in [6.07, 6.45) is -1.23. The van der Waals surface area contributed by atoms with Gasteiger partial charge in [-0.2, -0.15) is 0 Å². The zero-order valence-electron chi connectivity index (χ0n) is 10.4. The van der Waals surface area contributed by atoms with Crippen LogP contribution in [0.3, 0.4) is 0 Å². The monoisotopic (exact) mass is 268 g/mol. The molecule has 0 spiro atoms. The van der Waals surface area contributed by atoms with E-state index in [9.17, 15) is 9.36 Å². The van der Waals surface area contributed by atoms with Gasteiger partial charge in [0.1, 0.15) is 12.3 Å². The van der Waals surface area contributed by atoms with Crippen molar-refractivity contribution >= 4 is 13.5 Å². The van der Waals surface area contributed by atoms with Gasteiger partial charge in [-0.15, -0.1) is 0 Å². The van der Waals surface area contributed by atoms with Crippen LogP contribution in [0.5, 0.6) is 0 Å². The number of amides is 1. The molecule has 102 valence electrons. The van der Waals surface area contributed by atoms with Crippen LogP contribution in [0.4, 0.5) is 0 Å². The fourth-order valence-electron chi connectivity index (χ4n) is 1.03. The summed E-state index contributed by atoms with van der Waals surface area (Å²) in [6.45, 7) is 5.18. The van der Waals surface area contributed by atoms with Gasteiger partial charge >= 0.3 is 7.60 Å². The van der Waals surface area contributed by atoms with Gasteiger partial charge < -0.3 is 25.2 Å². The van der Waals surface area contributed by atoms with E-state index in [0.717, 1.165) is 0 Å². The van der Waals surface area contributed by atoms with E-state index in [1.165, 1.54) is 6.92 Å². The lowest BCUT2D eigenvalue weighted by Gasteiger charge is -2.19. The van der Waals surface area contributed by atoms with Gasteiger partial charge in [0.25, 0.3) is 0 Å². The van der Waals surface area contributed by atoms with Gasteiger partial charge in [-0.1, -0.05) is 0 Å². The summed E-state index contributed by atoms with van der Waals surface area (Å²) in [4.78, 5) is 11.4. The van der Waals surface area contributed by atoms with Crippen molar-refractivity contribution in [3.63, 3.8) is 0 Å². The summed E-state index contributed by atoms with van der Waals surface area (Å²) in [7, 11) is -3.31. The van der Waals surface area contributed by atoms with Gasteiger partial charge in [-0.3, -0.25) is 9.36 Å². The van der Waals surface area contributed by atoms with Gasteiger partial charge in [0.2, 0.25) is 5.91 Å². The Bertz CT molecular complexity index is 275. The van der Waals surface area contributed by atoms with E-state index in [4.69, 9.17) is 19.9 Å². The normalized spacial score (nSPS) is 15.4. The highest BCUT2D eigenvalue weighted by Crippen LogP contribution is 2.46. The second-order valence-electron chi connectivity index (χ2n) is 3.41. The van der Waals surface area contributed by atoms with Crippen LogP contribution in [0.2, 0.25) is 0 Å². The molecule has 0 saturated heterocycles. The molecule has 0 aliphatic rings. The minimum Gasteiger partial charge on any atom is -0.391 e. The quantitative estimate of drug-likeness (QED) is 0.536. The maximum Gasteiger partial charge on any atom is 0.349 e. The third-order valence-corrected chi connectivity index (χ3v) is 3.77. The van der Waals surface area contributed by atoms with Crippen LogP contribution in [-0.2, 0) is 18.4 Å². The van der Waals surface area contributed by atoms with Crippen LogP contribution < -0.4 is 11.1 Å². The van der Waals surface area contributed by atoms with Crippen molar-refractivity contribution in [2.24, 2.45) is 5.73 Å². The fraction of sp³-hybridized carbons (Fsp3) is 0.889. The Morgan fingerprint density at radius 1 is 1.41 bits per heavy atom. The minimum absolute atomic E-state index is 0.218. The highest BCUT2D eigenvalue weighted by atomic mass is 31.2. The standard InChI is InChI=1S/C9H21N2O5P/c1-4-15-17(14,16-5-2)6-11-9(13)8(10)7(3)12/h7-8,12H,4-6,10H2,1-3H3,(H,11,13)/t7-,8+/m1/s1. The largest absolute Gasteiger partial charge is 0.391 e. The maximum atomic E-state index is 11.9. The van der Waals surface area contributed by atoms with Gasteiger partial charge in [0.05, 0.1) is 19.3 Å². The first-order valence-electron chi connectivity index (χ1n) is 5.45. The summed E-state index contributed by atoms with van der Waals surface area (Å²) in [6, 6.07) is -1.06. The summed E-state index contributed by atoms with van der Waals surface area (Å²) < 4.78 is 21.9. The Labute approximate surface area is 101 Å². The van der Waals surface area contributed by atoms with Crippen LogP contribution in [0.1, 0.15) is 20.8 Å². The number of carbonyl (C=O) groups excluding carboxylic acids is 1. The lowest BCUT2D eigenvalue weighted by atomic mass is 10.2. The highest BCUT2D eigenvalue weighted by Gasteiger charge is 2.26. The zero-order valence-corrected chi connectivity index (χ0v) is 11.3. The third-order valence-electron chi connectivity index (χ3n) is 1.92. The first-order chi connectivity index (χ1) is 7.86. The Hall–Kier alpha value is -0.460. The van der Waals surface area contributed by atoms with E-state index in [1.54, 1.807) is 13.8 Å². The van der Waals surface area contributed by atoms with E-state index < -0.39 is 25.6 Å². The van der Waals surface area contributed by atoms with Gasteiger partial charge in [0.15, 0.2) is 0 Å². The second-order valence-corrected chi connectivity index (χ2v) is 5.47. The summed E-state index contributed by atoms with van der Waals surface area (Å²) in [5, 5.41) is 11.4. The highest BCUT2D eigenvalue weighted by molar-refractivity contribution is 7.53. The average Bonchev–Trinajstić information content (AvgIpc) is 2.25. The van der Waals surface area contributed by atoms with E-state index in [1.807, 2.05) is 0 Å². The van der Waals surface area contributed by atoms with Crippen LogP contribution in [-0.4, -0.2) is 42.7 Å². The second kappa shape index (κ2) is 7.79. The number of hydrogen-bond acceptors (Lipinski definition) is 6. The zero-order chi connectivity index (χ0) is 13.5. The summed E-state index contributed by atoms with van der Waals surface area (Å²) >= 11 is 0. The van der Waals surface area contributed by atoms with Gasteiger partial charge in [-0.25, -0.2) is 0 Å². The SMILES string of the molecule is CCOP(=O)(CNC(=O)[C@@H](N)[C@@H](C)O)OCC. The van der Waals surface area contributed by atoms with Crippen molar-refractivity contribution in [3.8, 4) is 0 Å². The Morgan fingerprint density at radius 3 is 2.24 bits per heavy atom. The molecule has 0 aliphatic carbocycles. The van der Waals surface area contributed by atoms with E-state index in [-0.39, 0.29) is 19.5 Å². The molecule has 0 aromatic heterocycles. The molecule has 7 nitrogen and oxygen atoms in total. The lowest BCUT2D eigenvalue weighted by molar-refractivity contribution is -0.124. The molecule has 0 aromatic carbocycles. The van der Waals surface area contributed by atoms with Crippen LogP contribution >= 0.6 is 7.60 Å². The topological polar surface area (TPSA) is 111 Å². The van der Waals surface area contributed by atoms with E-state index in [0.29, 0.717) is 0 Å². The van der Waals surface area contributed by atoms with Crippen LogP contribution in [0.25, 0.3) is 0 Å². The lowest BCUT2D eigenvalue weighted by Crippen LogP contribution is -2.47. The molecule has 0 saturated carbocycles. The number of aliphatic hydroxyl groups excluding tert-OH is 1. The minimum atomic E-state index is -3.31. The summed E-state index contributed by atoms with van der Waals surface area (Å²) in [5.41, 5.74) is 5.40. The first kappa shape index (κ1) is 16.5. The number of nitrogens with two attached hydrogens (primary N) is 1. The molecule has 0 heterocycles. The molecule has 8 heteroatoms. The van der Waals surface area contributed by atoms with Crippen molar-refractivity contribution in [3.05, 3.63) is 0 Å². The third kappa shape index (κ3) is 6.14. The van der Waals surface area contributed by atoms with Crippen molar-refractivity contribution in [2.45, 2.75) is 32.9 Å². The van der Waals surface area contributed by atoms with Gasteiger partial charge in [0, 0.05) is 0 Å². The molecule has 0 radical (unpaired) electrons. The molecule has 2 atom stereocenters. The smallest absolute Gasteiger partial charge is 0.349 e. The molecule has 4 N–H and O–H groups in total. The molecule has 0 rings (SSSR count). The number of carbonyl (C=O) groups is 1. The number of hydrogen-bond donors (Lipinski definition) is 3. The van der Waals surface area contributed by atoms with E-state index in [2.05, 4.69) is 5.32 Å². The molecule has 0 aromatic rings. The van der Waals surface area contributed by atoms with Crippen molar-refractivity contribution in [2.75, 3.05) is 19.5 Å². The number of aliphatic hydroxyl groups is 1. The van der Waals surface area contributed by atoms with Crippen molar-refractivity contribution < 1.29 is 23.5 Å². The molecule has 1 amide bonds. The van der Waals surface area contributed by atoms with E-state index >= 15 is 0 Å². The molecule has 0 fully saturated rings. The molecule has 17 heavy (non-hydrogen) atoms. The fourth-order valence-corrected chi connectivity index (χ4v) is 2.43. The molecule has 0 aliphatic heterocycles. The average molecular weight is 268 g/mol. The predicted octanol–water partition coefficient (Wildman–Crippen LogP) is 0.0343. The maximum absolute atomic E-state index is 11.9. The van der Waals surface area contributed by atoms with Crippen molar-refractivity contribution in [1.82, 2.24) is 5.32 Å². The molecule has 0 unspecified atom stereocenters. The van der Waals surface area contributed by atoms with Crippen LogP contribution in [0, 0.1) is 0 Å². The molecule has 0 bridgehead atoms. The van der Waals surface area contributed by atoms with Crippen LogP contribution in [0.15, 0.2) is 0 Å². The Kier molecular flexibility index (Phi) is 7.58. The molecular weight excluding hydrogens is 247 g/mol. The predicted molar refractivity (Wildman–Crippen MR) is 63.5 cm³/mol. The first-order valence-corrected chi connectivity index (χ1v) is 7.18.